The zero-order valence-electron chi connectivity index (χ0n) is 13.4. The van der Waals surface area contributed by atoms with E-state index in [9.17, 15) is 14.9 Å². The fourth-order valence-electron chi connectivity index (χ4n) is 2.57. The molecule has 2 aromatic heterocycles. The average molecular weight is 364 g/mol. The molecule has 0 aliphatic heterocycles. The lowest BCUT2D eigenvalue weighted by Gasteiger charge is -1.94. The summed E-state index contributed by atoms with van der Waals surface area (Å²) in [6, 6.07) is 15.8. The molecule has 7 nitrogen and oxygen atoms in total. The molecule has 0 radical (unpaired) electrons. The van der Waals surface area contributed by atoms with E-state index in [1.165, 1.54) is 28.0 Å². The van der Waals surface area contributed by atoms with Crippen LogP contribution in [0, 0.1) is 10.1 Å². The summed E-state index contributed by atoms with van der Waals surface area (Å²) in [5.41, 5.74) is 1.56. The average Bonchev–Trinajstić information content (AvgIpc) is 3.15. The first-order chi connectivity index (χ1) is 12.6. The quantitative estimate of drug-likeness (QED) is 0.409. The Morgan fingerprint density at radius 3 is 2.50 bits per heavy atom. The van der Waals surface area contributed by atoms with Gasteiger partial charge in [-0.15, -0.1) is 5.10 Å². The number of aromatic nitrogens is 3. The predicted molar refractivity (Wildman–Crippen MR) is 98.3 cm³/mol. The van der Waals surface area contributed by atoms with E-state index in [1.54, 1.807) is 18.2 Å². The molecule has 0 spiro atoms. The van der Waals surface area contributed by atoms with Gasteiger partial charge in [0.05, 0.1) is 9.46 Å². The van der Waals surface area contributed by atoms with Crippen LogP contribution in [-0.4, -0.2) is 19.5 Å². The highest BCUT2D eigenvalue weighted by Crippen LogP contribution is 2.13. The molecule has 0 fully saturated rings. The molecule has 0 N–H and O–H groups in total. The third-order valence-electron chi connectivity index (χ3n) is 3.83. The molecule has 2 aromatic carbocycles. The Labute approximate surface area is 151 Å². The number of fused-ring (bicyclic) bond motifs is 1. The second kappa shape index (κ2) is 6.49. The fourth-order valence-corrected chi connectivity index (χ4v) is 3.50. The van der Waals surface area contributed by atoms with E-state index in [1.807, 2.05) is 30.3 Å². The van der Waals surface area contributed by atoms with Crippen LogP contribution in [0.1, 0.15) is 17.0 Å². The second-order valence-electron chi connectivity index (χ2n) is 5.65. The van der Waals surface area contributed by atoms with Crippen molar-refractivity contribution in [2.24, 2.45) is 0 Å². The maximum Gasteiger partial charge on any atom is 0.291 e. The molecule has 128 valence electrons. The molecule has 0 aliphatic rings. The van der Waals surface area contributed by atoms with Gasteiger partial charge in [-0.25, -0.2) is 4.98 Å². The van der Waals surface area contributed by atoms with Gasteiger partial charge in [0.1, 0.15) is 0 Å². The number of thiazole rings is 1. The third kappa shape index (κ3) is 3.09. The van der Waals surface area contributed by atoms with Crippen molar-refractivity contribution < 1.29 is 4.92 Å². The summed E-state index contributed by atoms with van der Waals surface area (Å²) in [4.78, 5) is 27.7. The first-order valence-electron chi connectivity index (χ1n) is 7.79. The zero-order chi connectivity index (χ0) is 18.1. The lowest BCUT2D eigenvalue weighted by Crippen LogP contribution is -2.23. The number of nitro groups is 1. The molecule has 0 atom stereocenters. The van der Waals surface area contributed by atoms with Crippen LogP contribution in [0.2, 0.25) is 0 Å². The van der Waals surface area contributed by atoms with Crippen LogP contribution in [0.3, 0.4) is 0 Å². The van der Waals surface area contributed by atoms with Gasteiger partial charge in [0, 0.05) is 18.6 Å². The number of non-ortho nitro benzene ring substituents is 1. The van der Waals surface area contributed by atoms with Crippen molar-refractivity contribution in [2.45, 2.75) is 6.42 Å². The minimum atomic E-state index is -0.458. The molecule has 4 rings (SSSR count). The maximum atomic E-state index is 12.5. The molecule has 0 unspecified atom stereocenters. The molecule has 0 saturated heterocycles. The smallest absolute Gasteiger partial charge is 0.266 e. The molecule has 2 heterocycles. The molecule has 8 heteroatoms. The lowest BCUT2D eigenvalue weighted by molar-refractivity contribution is -0.384. The lowest BCUT2D eigenvalue weighted by atomic mass is 10.1. The van der Waals surface area contributed by atoms with Gasteiger partial charge in [-0.05, 0) is 29.3 Å². The maximum absolute atomic E-state index is 12.5. The van der Waals surface area contributed by atoms with Crippen LogP contribution in [0.4, 0.5) is 5.69 Å². The van der Waals surface area contributed by atoms with Gasteiger partial charge < -0.3 is 0 Å². The van der Waals surface area contributed by atoms with E-state index in [4.69, 9.17) is 0 Å². The Morgan fingerprint density at radius 1 is 1.12 bits per heavy atom. The summed E-state index contributed by atoms with van der Waals surface area (Å²) in [6.45, 7) is 0. The van der Waals surface area contributed by atoms with Gasteiger partial charge in [-0.1, -0.05) is 41.7 Å². The van der Waals surface area contributed by atoms with Gasteiger partial charge in [0.15, 0.2) is 5.82 Å². The summed E-state index contributed by atoms with van der Waals surface area (Å²) in [5.74, 6) is 0.599. The highest BCUT2D eigenvalue weighted by atomic mass is 32.1. The molecule has 0 bridgehead atoms. The summed E-state index contributed by atoms with van der Waals surface area (Å²) in [5, 5.41) is 15.0. The van der Waals surface area contributed by atoms with Gasteiger partial charge in [-0.3, -0.25) is 14.9 Å². The Morgan fingerprint density at radius 2 is 1.85 bits per heavy atom. The Balaban J connectivity index is 1.67. The monoisotopic (exact) mass is 364 g/mol. The van der Waals surface area contributed by atoms with E-state index in [-0.39, 0.29) is 11.2 Å². The Hall–Kier alpha value is -3.39. The number of nitrogens with zero attached hydrogens (tertiary/aromatic N) is 4. The third-order valence-corrected chi connectivity index (χ3v) is 4.79. The Bertz CT molecular complexity index is 1200. The molecule has 4 aromatic rings. The van der Waals surface area contributed by atoms with Crippen molar-refractivity contribution in [2.75, 3.05) is 0 Å². The molecule has 26 heavy (non-hydrogen) atoms. The number of rotatable bonds is 4. The van der Waals surface area contributed by atoms with Crippen LogP contribution in [-0.2, 0) is 6.42 Å². The fraction of sp³-hybridized carbons (Fsp3) is 0.0556. The molecule has 0 amide bonds. The van der Waals surface area contributed by atoms with E-state index in [2.05, 4.69) is 10.1 Å². The predicted octanol–water partition coefficient (Wildman–Crippen LogP) is 2.20. The molecular formula is C18H12N4O3S. The zero-order valence-corrected chi connectivity index (χ0v) is 14.2. The van der Waals surface area contributed by atoms with Crippen molar-refractivity contribution >= 4 is 28.1 Å². The van der Waals surface area contributed by atoms with E-state index in [0.717, 1.165) is 5.56 Å². The SMILES string of the molecule is O=c1/c(=C/c2ccc([N+](=O)[O-])cc2)sc2nc(Cc3ccccc3)nn12. The molecular weight excluding hydrogens is 352 g/mol. The van der Waals surface area contributed by atoms with E-state index >= 15 is 0 Å². The van der Waals surface area contributed by atoms with E-state index < -0.39 is 4.92 Å². The van der Waals surface area contributed by atoms with Crippen LogP contribution in [0.15, 0.2) is 59.4 Å². The number of benzene rings is 2. The summed E-state index contributed by atoms with van der Waals surface area (Å²) >= 11 is 1.25. The first kappa shape index (κ1) is 16.1. The number of nitro benzene ring substituents is 1. The Kier molecular flexibility index (Phi) is 4.02. The standard InChI is InChI=1S/C18H12N4O3S/c23-17-15(10-13-6-8-14(9-7-13)22(24)25)26-18-19-16(20-21(17)18)11-12-4-2-1-3-5-12/h1-10H,11H2/b15-10-. The molecule has 0 saturated carbocycles. The van der Waals surface area contributed by atoms with E-state index in [0.29, 0.717) is 27.3 Å². The molecule has 0 aliphatic carbocycles. The van der Waals surface area contributed by atoms with Gasteiger partial charge in [-0.2, -0.15) is 4.52 Å². The van der Waals surface area contributed by atoms with Crippen molar-refractivity contribution in [1.82, 2.24) is 14.6 Å². The van der Waals surface area contributed by atoms with Crippen molar-refractivity contribution in [3.63, 3.8) is 0 Å². The second-order valence-corrected chi connectivity index (χ2v) is 6.66. The van der Waals surface area contributed by atoms with Crippen LogP contribution >= 0.6 is 11.3 Å². The van der Waals surface area contributed by atoms with Crippen molar-refractivity contribution in [3.05, 3.63) is 96.5 Å². The normalized spacial score (nSPS) is 11.9. The highest BCUT2D eigenvalue weighted by Gasteiger charge is 2.11. The minimum absolute atomic E-state index is 0.0118. The largest absolute Gasteiger partial charge is 0.291 e. The van der Waals surface area contributed by atoms with Gasteiger partial charge in [0.25, 0.3) is 11.2 Å². The summed E-state index contributed by atoms with van der Waals surface area (Å²) in [6.07, 6.45) is 2.25. The number of hydrogen-bond donors (Lipinski definition) is 0. The van der Waals surface area contributed by atoms with Crippen LogP contribution in [0.25, 0.3) is 11.0 Å². The van der Waals surface area contributed by atoms with Crippen LogP contribution < -0.4 is 10.1 Å². The summed E-state index contributed by atoms with van der Waals surface area (Å²) in [7, 11) is 0. The van der Waals surface area contributed by atoms with Gasteiger partial charge in [0.2, 0.25) is 4.96 Å². The number of hydrogen-bond acceptors (Lipinski definition) is 6. The minimum Gasteiger partial charge on any atom is -0.266 e. The van der Waals surface area contributed by atoms with Crippen LogP contribution in [0.5, 0.6) is 0 Å². The first-order valence-corrected chi connectivity index (χ1v) is 8.60. The topological polar surface area (TPSA) is 90.4 Å². The van der Waals surface area contributed by atoms with Crippen molar-refractivity contribution in [3.8, 4) is 0 Å². The van der Waals surface area contributed by atoms with Crippen molar-refractivity contribution in [1.29, 1.82) is 0 Å². The highest BCUT2D eigenvalue weighted by molar-refractivity contribution is 7.15. The van der Waals surface area contributed by atoms with Gasteiger partial charge >= 0.3 is 0 Å². The summed E-state index contributed by atoms with van der Waals surface area (Å²) < 4.78 is 1.79.